The molecule has 1 saturated heterocycles. The van der Waals surface area contributed by atoms with Crippen LogP contribution in [0.15, 0.2) is 41.3 Å². The molecular weight excluding hydrogens is 397 g/mol. The molecule has 1 fully saturated rings. The lowest BCUT2D eigenvalue weighted by Gasteiger charge is -2.26. The third-order valence-corrected chi connectivity index (χ3v) is 5.30. The second-order valence-electron chi connectivity index (χ2n) is 7.62. The molecule has 158 valence electrons. The van der Waals surface area contributed by atoms with E-state index in [1.165, 1.54) is 12.1 Å². The summed E-state index contributed by atoms with van der Waals surface area (Å²) in [7, 11) is 0. The molecule has 0 saturated carbocycles. The van der Waals surface area contributed by atoms with E-state index in [1.807, 2.05) is 0 Å². The first-order chi connectivity index (χ1) is 14.2. The summed E-state index contributed by atoms with van der Waals surface area (Å²) in [5, 5.41) is 12.8. The Morgan fingerprint density at radius 3 is 2.67 bits per heavy atom. The van der Waals surface area contributed by atoms with E-state index in [0.717, 1.165) is 12.1 Å². The summed E-state index contributed by atoms with van der Waals surface area (Å²) in [5.41, 5.74) is 0.242. The van der Waals surface area contributed by atoms with Crippen LogP contribution < -0.4 is 10.9 Å². The van der Waals surface area contributed by atoms with Crippen LogP contribution in [0.25, 0.3) is 10.8 Å². The van der Waals surface area contributed by atoms with Gasteiger partial charge in [0.15, 0.2) is 5.82 Å². The van der Waals surface area contributed by atoms with Gasteiger partial charge in [-0.2, -0.15) is 18.3 Å². The number of alkyl halides is 3. The van der Waals surface area contributed by atoms with E-state index < -0.39 is 17.8 Å². The van der Waals surface area contributed by atoms with Gasteiger partial charge in [0.25, 0.3) is 5.56 Å². The van der Waals surface area contributed by atoms with Gasteiger partial charge in [-0.3, -0.25) is 4.79 Å². The summed E-state index contributed by atoms with van der Waals surface area (Å²) in [4.78, 5) is 12.5. The molecule has 0 radical (unpaired) electrons. The van der Waals surface area contributed by atoms with Crippen molar-refractivity contribution < 1.29 is 17.9 Å². The minimum Gasteiger partial charge on any atom is -0.381 e. The molecule has 0 unspecified atom stereocenters. The molecule has 2 aromatic heterocycles. The molecule has 9 heteroatoms. The van der Waals surface area contributed by atoms with Crippen LogP contribution in [0.3, 0.4) is 0 Å². The van der Waals surface area contributed by atoms with Crippen molar-refractivity contribution in [1.82, 2.24) is 14.8 Å². The third kappa shape index (κ3) is 4.02. The summed E-state index contributed by atoms with van der Waals surface area (Å²) in [6.45, 7) is 5.30. The first-order valence-electron chi connectivity index (χ1n) is 9.61. The van der Waals surface area contributed by atoms with Crippen molar-refractivity contribution in [1.29, 1.82) is 0 Å². The number of hydrogen-bond donors (Lipinski definition) is 1. The Kier molecular flexibility index (Phi) is 5.23. The van der Waals surface area contributed by atoms with E-state index in [9.17, 15) is 18.0 Å². The Balaban J connectivity index is 1.69. The molecule has 1 atom stereocenters. The van der Waals surface area contributed by atoms with Gasteiger partial charge in [-0.15, -0.1) is 5.10 Å². The summed E-state index contributed by atoms with van der Waals surface area (Å²) in [5.74, 6) is 0.704. The fraction of sp³-hybridized carbons (Fsp3) is 0.381. The van der Waals surface area contributed by atoms with Gasteiger partial charge in [0.2, 0.25) is 0 Å². The summed E-state index contributed by atoms with van der Waals surface area (Å²) < 4.78 is 45.9. The van der Waals surface area contributed by atoms with E-state index in [0.29, 0.717) is 47.6 Å². The number of rotatable bonds is 5. The maximum atomic E-state index is 13.0. The van der Waals surface area contributed by atoms with Crippen molar-refractivity contribution in [3.63, 3.8) is 0 Å². The van der Waals surface area contributed by atoms with Gasteiger partial charge in [0.1, 0.15) is 0 Å². The first kappa shape index (κ1) is 20.3. The number of anilines is 1. The van der Waals surface area contributed by atoms with E-state index >= 15 is 0 Å². The molecule has 1 N–H and O–H groups in total. The fourth-order valence-electron chi connectivity index (χ4n) is 3.48. The van der Waals surface area contributed by atoms with Crippen molar-refractivity contribution in [3.05, 3.63) is 63.7 Å². The van der Waals surface area contributed by atoms with Gasteiger partial charge in [0.05, 0.1) is 30.5 Å². The molecule has 0 amide bonds. The van der Waals surface area contributed by atoms with Gasteiger partial charge in [-0.1, -0.05) is 12.1 Å². The second kappa shape index (κ2) is 7.71. The summed E-state index contributed by atoms with van der Waals surface area (Å²) in [6, 6.07) is 6.25. The zero-order valence-electron chi connectivity index (χ0n) is 16.5. The molecule has 0 aliphatic carbocycles. The van der Waals surface area contributed by atoms with Gasteiger partial charge in [-0.25, -0.2) is 0 Å². The Labute approximate surface area is 170 Å². The lowest BCUT2D eigenvalue weighted by atomic mass is 10.0. The highest BCUT2D eigenvalue weighted by Gasteiger charge is 2.30. The van der Waals surface area contributed by atoms with Crippen molar-refractivity contribution in [2.75, 3.05) is 18.5 Å². The van der Waals surface area contributed by atoms with E-state index in [4.69, 9.17) is 4.74 Å². The molecule has 0 bridgehead atoms. The number of hydrogen-bond acceptors (Lipinski definition) is 5. The maximum Gasteiger partial charge on any atom is 0.416 e. The molecule has 1 aromatic carbocycles. The minimum atomic E-state index is -4.41. The molecule has 4 rings (SSSR count). The lowest BCUT2D eigenvalue weighted by molar-refractivity contribution is -0.137. The Morgan fingerprint density at radius 2 is 2.00 bits per heavy atom. The van der Waals surface area contributed by atoms with Crippen molar-refractivity contribution in [2.24, 2.45) is 5.92 Å². The minimum absolute atomic E-state index is 0.137. The third-order valence-electron chi connectivity index (χ3n) is 5.30. The number of nitrogens with one attached hydrogen (secondary N) is 1. The van der Waals surface area contributed by atoms with Crippen molar-refractivity contribution in [2.45, 2.75) is 32.6 Å². The quantitative estimate of drug-likeness (QED) is 0.680. The smallest absolute Gasteiger partial charge is 0.381 e. The first-order valence-corrected chi connectivity index (χ1v) is 9.61. The van der Waals surface area contributed by atoms with Gasteiger partial charge < -0.3 is 14.6 Å². The van der Waals surface area contributed by atoms with Crippen LogP contribution in [0.4, 0.5) is 19.0 Å². The predicted molar refractivity (Wildman–Crippen MR) is 106 cm³/mol. The zero-order chi connectivity index (χ0) is 21.5. The lowest BCUT2D eigenvalue weighted by Crippen LogP contribution is -2.34. The number of fused-ring (bicyclic) bond motifs is 1. The molecular formula is C21H21F3N4O2. The Bertz CT molecular complexity index is 1140. The van der Waals surface area contributed by atoms with Gasteiger partial charge in [-0.05, 0) is 31.5 Å². The average molecular weight is 418 g/mol. The fourth-order valence-corrected chi connectivity index (χ4v) is 3.48. The summed E-state index contributed by atoms with van der Waals surface area (Å²) >= 11 is 0. The van der Waals surface area contributed by atoms with Crippen LogP contribution in [-0.2, 0) is 17.5 Å². The normalized spacial score (nSPS) is 15.8. The van der Waals surface area contributed by atoms with Crippen LogP contribution in [0, 0.1) is 12.8 Å². The number of pyridine rings is 1. The Morgan fingerprint density at radius 1 is 1.23 bits per heavy atom. The van der Waals surface area contributed by atoms with E-state index in [2.05, 4.69) is 15.5 Å². The monoisotopic (exact) mass is 418 g/mol. The number of aromatic nitrogens is 3. The number of benzene rings is 1. The van der Waals surface area contributed by atoms with Crippen molar-refractivity contribution >= 4 is 16.6 Å². The predicted octanol–water partition coefficient (Wildman–Crippen LogP) is 3.94. The van der Waals surface area contributed by atoms with Crippen molar-refractivity contribution in [3.8, 4) is 0 Å². The SMILES string of the molecule is Cc1nnc(N[C@H](C)c2cccc(C(F)(F)F)c2)c2cn(CC3COC3)c(=O)cc12. The number of nitrogens with zero attached hydrogens (tertiary/aromatic N) is 3. The van der Waals surface area contributed by atoms with Crippen LogP contribution in [0.5, 0.6) is 0 Å². The Hall–Kier alpha value is -2.94. The highest BCUT2D eigenvalue weighted by molar-refractivity contribution is 5.92. The molecule has 6 nitrogen and oxygen atoms in total. The molecule has 30 heavy (non-hydrogen) atoms. The van der Waals surface area contributed by atoms with Crippen LogP contribution in [0.2, 0.25) is 0 Å². The van der Waals surface area contributed by atoms with Crippen LogP contribution in [0.1, 0.15) is 29.8 Å². The van der Waals surface area contributed by atoms with Crippen LogP contribution in [-0.4, -0.2) is 28.0 Å². The molecule has 3 aromatic rings. The molecule has 0 spiro atoms. The molecule has 3 heterocycles. The topological polar surface area (TPSA) is 69.0 Å². The second-order valence-corrected chi connectivity index (χ2v) is 7.62. The molecule has 1 aliphatic rings. The molecule has 1 aliphatic heterocycles. The maximum absolute atomic E-state index is 13.0. The zero-order valence-corrected chi connectivity index (χ0v) is 16.5. The highest BCUT2D eigenvalue weighted by Crippen LogP contribution is 2.32. The van der Waals surface area contributed by atoms with Gasteiger partial charge >= 0.3 is 6.18 Å². The number of halogens is 3. The number of aryl methyl sites for hydroxylation is 1. The largest absolute Gasteiger partial charge is 0.416 e. The van der Waals surface area contributed by atoms with Crippen LogP contribution >= 0.6 is 0 Å². The van der Waals surface area contributed by atoms with Gasteiger partial charge in [0, 0.05) is 35.5 Å². The average Bonchev–Trinajstić information content (AvgIpc) is 2.67. The summed E-state index contributed by atoms with van der Waals surface area (Å²) in [6.07, 6.45) is -2.67. The number of ether oxygens (including phenoxy) is 1. The van der Waals surface area contributed by atoms with E-state index in [1.54, 1.807) is 30.7 Å². The highest BCUT2D eigenvalue weighted by atomic mass is 19.4. The van der Waals surface area contributed by atoms with E-state index in [-0.39, 0.29) is 11.5 Å². The standard InChI is InChI=1S/C21H21F3N4O2/c1-12(15-4-3-5-16(6-15)21(22,23)24)25-20-18-9-28(8-14-10-30-11-14)19(29)7-17(18)13(2)26-27-20/h3-7,9,12,14H,8,10-11H2,1-2H3,(H,25,27)/t12-/m1/s1.